The number of ether oxygens (including phenoxy) is 1. The van der Waals surface area contributed by atoms with E-state index in [-0.39, 0.29) is 5.41 Å². The maximum atomic E-state index is 4.83. The molecule has 1 aromatic carbocycles. The number of hydrazone groups is 1. The van der Waals surface area contributed by atoms with Gasteiger partial charge in [0.2, 0.25) is 0 Å². The summed E-state index contributed by atoms with van der Waals surface area (Å²) in [6, 6.07) is 10.3. The summed E-state index contributed by atoms with van der Waals surface area (Å²) in [7, 11) is 0. The second kappa shape index (κ2) is 5.98. The Balaban J connectivity index is 0.000000202. The van der Waals surface area contributed by atoms with E-state index >= 15 is 0 Å². The van der Waals surface area contributed by atoms with Gasteiger partial charge in [0.15, 0.2) is 0 Å². The van der Waals surface area contributed by atoms with Crippen LogP contribution in [0.4, 0.5) is 5.69 Å². The Kier molecular flexibility index (Phi) is 4.33. The van der Waals surface area contributed by atoms with Gasteiger partial charge in [-0.15, -0.1) is 0 Å². The number of anilines is 1. The molecule has 0 aromatic heterocycles. The molecule has 0 atom stereocenters. The molecule has 0 amide bonds. The lowest BCUT2D eigenvalue weighted by molar-refractivity contribution is 0.194. The number of hydrogen-bond donors (Lipinski definition) is 1. The molecule has 1 aromatic rings. The third kappa shape index (κ3) is 3.82. The van der Waals surface area contributed by atoms with Gasteiger partial charge in [0, 0.05) is 18.2 Å². The van der Waals surface area contributed by atoms with E-state index in [1.54, 1.807) is 0 Å². The Hall–Kier alpha value is -1.39. The zero-order valence-corrected chi connectivity index (χ0v) is 11.1. The molecule has 0 spiro atoms. The van der Waals surface area contributed by atoms with Crippen LogP contribution in [0.5, 0.6) is 0 Å². The average Bonchev–Trinajstić information content (AvgIpc) is 3.03. The van der Waals surface area contributed by atoms with Gasteiger partial charge in [0.1, 0.15) is 0 Å². The molecule has 4 heteroatoms. The molecule has 2 heterocycles. The van der Waals surface area contributed by atoms with Crippen LogP contribution in [0, 0.1) is 5.41 Å². The standard InChI is InChI=1S/C11H14N2.C3H7NO/c1-11(2)8-12-13(9-11)10-6-4-3-5-7-10;1-2-5-3-4-1/h3-8H,9H2,1-2H3;4H,1-3H2. The van der Waals surface area contributed by atoms with Gasteiger partial charge < -0.3 is 4.74 Å². The molecule has 0 aliphatic carbocycles. The van der Waals surface area contributed by atoms with Crippen molar-refractivity contribution in [1.29, 1.82) is 0 Å². The lowest BCUT2D eigenvalue weighted by Crippen LogP contribution is -2.23. The Bertz CT molecular complexity index is 378. The van der Waals surface area contributed by atoms with E-state index in [0.717, 1.165) is 26.4 Å². The molecule has 0 unspecified atom stereocenters. The minimum Gasteiger partial charge on any atom is -0.365 e. The van der Waals surface area contributed by atoms with Gasteiger partial charge in [-0.2, -0.15) is 5.10 Å². The van der Waals surface area contributed by atoms with Crippen LogP contribution in [0.3, 0.4) is 0 Å². The minimum absolute atomic E-state index is 0.204. The number of hydrogen-bond acceptors (Lipinski definition) is 4. The van der Waals surface area contributed by atoms with E-state index in [4.69, 9.17) is 4.74 Å². The van der Waals surface area contributed by atoms with Crippen LogP contribution >= 0.6 is 0 Å². The summed E-state index contributed by atoms with van der Waals surface area (Å²) in [6.07, 6.45) is 2.01. The quantitative estimate of drug-likeness (QED) is 0.825. The molecule has 2 aliphatic rings. The van der Waals surface area contributed by atoms with Gasteiger partial charge in [-0.1, -0.05) is 32.0 Å². The molecule has 18 heavy (non-hydrogen) atoms. The summed E-state index contributed by atoms with van der Waals surface area (Å²) < 4.78 is 4.83. The Morgan fingerprint density at radius 3 is 2.50 bits per heavy atom. The summed E-state index contributed by atoms with van der Waals surface area (Å²) in [4.78, 5) is 0. The van der Waals surface area contributed by atoms with Crippen LogP contribution < -0.4 is 10.3 Å². The first-order valence-electron chi connectivity index (χ1n) is 6.34. The molecule has 1 saturated heterocycles. The van der Waals surface area contributed by atoms with Crippen LogP contribution in [-0.2, 0) is 4.74 Å². The summed E-state index contributed by atoms with van der Waals surface area (Å²) in [5.41, 5.74) is 1.37. The monoisotopic (exact) mass is 247 g/mol. The molecular weight excluding hydrogens is 226 g/mol. The van der Waals surface area contributed by atoms with Crippen molar-refractivity contribution in [2.75, 3.05) is 31.4 Å². The van der Waals surface area contributed by atoms with E-state index in [2.05, 4.69) is 36.4 Å². The van der Waals surface area contributed by atoms with Crippen molar-refractivity contribution in [3.05, 3.63) is 30.3 Å². The second-order valence-corrected chi connectivity index (χ2v) is 5.18. The molecule has 3 rings (SSSR count). The number of rotatable bonds is 1. The summed E-state index contributed by atoms with van der Waals surface area (Å²) in [6.45, 7) is 8.02. The van der Waals surface area contributed by atoms with E-state index in [9.17, 15) is 0 Å². The molecule has 0 saturated carbocycles. The molecular formula is C14H21N3O. The molecule has 0 radical (unpaired) electrons. The zero-order chi connectivity index (χ0) is 12.8. The Morgan fingerprint density at radius 1 is 1.28 bits per heavy atom. The van der Waals surface area contributed by atoms with Crippen molar-refractivity contribution in [3.8, 4) is 0 Å². The molecule has 98 valence electrons. The molecule has 1 fully saturated rings. The first-order chi connectivity index (χ1) is 8.67. The minimum atomic E-state index is 0.204. The highest BCUT2D eigenvalue weighted by Crippen LogP contribution is 2.25. The fourth-order valence-corrected chi connectivity index (χ4v) is 1.81. The second-order valence-electron chi connectivity index (χ2n) is 5.18. The van der Waals surface area contributed by atoms with Crippen LogP contribution in [0.25, 0.3) is 0 Å². The highest BCUT2D eigenvalue weighted by atomic mass is 16.5. The first kappa shape index (κ1) is 13.1. The molecule has 0 bridgehead atoms. The SMILES string of the molecule is C1COCN1.CC1(C)C=NN(c2ccccc2)C1. The summed E-state index contributed by atoms with van der Waals surface area (Å²) in [5, 5.41) is 9.41. The van der Waals surface area contributed by atoms with Crippen LogP contribution in [0.1, 0.15) is 13.8 Å². The topological polar surface area (TPSA) is 36.9 Å². The van der Waals surface area contributed by atoms with E-state index < -0.39 is 0 Å². The van der Waals surface area contributed by atoms with Gasteiger partial charge in [-0.05, 0) is 12.1 Å². The van der Waals surface area contributed by atoms with E-state index in [1.807, 2.05) is 29.4 Å². The predicted molar refractivity (Wildman–Crippen MR) is 74.9 cm³/mol. The van der Waals surface area contributed by atoms with Crippen molar-refractivity contribution in [1.82, 2.24) is 5.32 Å². The summed E-state index contributed by atoms with van der Waals surface area (Å²) in [5.74, 6) is 0. The lowest BCUT2D eigenvalue weighted by atomic mass is 9.96. The third-order valence-corrected chi connectivity index (χ3v) is 2.79. The van der Waals surface area contributed by atoms with Gasteiger partial charge in [0.25, 0.3) is 0 Å². The van der Waals surface area contributed by atoms with Gasteiger partial charge in [0.05, 0.1) is 25.6 Å². The van der Waals surface area contributed by atoms with Crippen LogP contribution in [0.15, 0.2) is 35.4 Å². The van der Waals surface area contributed by atoms with Gasteiger partial charge in [-0.25, -0.2) is 0 Å². The van der Waals surface area contributed by atoms with E-state index in [0.29, 0.717) is 0 Å². The zero-order valence-electron chi connectivity index (χ0n) is 11.1. The number of benzene rings is 1. The van der Waals surface area contributed by atoms with Gasteiger partial charge in [-0.3, -0.25) is 10.3 Å². The largest absolute Gasteiger partial charge is 0.365 e. The van der Waals surface area contributed by atoms with Gasteiger partial charge >= 0.3 is 0 Å². The maximum absolute atomic E-state index is 4.83. The predicted octanol–water partition coefficient (Wildman–Crippen LogP) is 2.08. The first-order valence-corrected chi connectivity index (χ1v) is 6.34. The fraction of sp³-hybridized carbons (Fsp3) is 0.500. The third-order valence-electron chi connectivity index (χ3n) is 2.79. The normalized spacial score (nSPS) is 20.7. The van der Waals surface area contributed by atoms with Crippen molar-refractivity contribution in [2.24, 2.45) is 10.5 Å². The maximum Gasteiger partial charge on any atom is 0.0966 e. The van der Waals surface area contributed by atoms with Crippen molar-refractivity contribution in [3.63, 3.8) is 0 Å². The highest BCUT2D eigenvalue weighted by molar-refractivity contribution is 5.71. The number of nitrogens with one attached hydrogen (secondary N) is 1. The van der Waals surface area contributed by atoms with Crippen molar-refractivity contribution < 1.29 is 4.74 Å². The van der Waals surface area contributed by atoms with Crippen molar-refractivity contribution >= 4 is 11.9 Å². The van der Waals surface area contributed by atoms with Crippen LogP contribution in [0.2, 0.25) is 0 Å². The van der Waals surface area contributed by atoms with E-state index in [1.165, 1.54) is 5.69 Å². The molecule has 1 N–H and O–H groups in total. The Labute approximate surface area is 109 Å². The molecule has 2 aliphatic heterocycles. The highest BCUT2D eigenvalue weighted by Gasteiger charge is 2.25. The summed E-state index contributed by atoms with van der Waals surface area (Å²) >= 11 is 0. The fourth-order valence-electron chi connectivity index (χ4n) is 1.81. The average molecular weight is 247 g/mol. The number of para-hydroxylation sites is 1. The van der Waals surface area contributed by atoms with Crippen LogP contribution in [-0.4, -0.2) is 32.6 Å². The lowest BCUT2D eigenvalue weighted by Gasteiger charge is -2.18. The Morgan fingerprint density at radius 2 is 2.06 bits per heavy atom. The number of nitrogens with zero attached hydrogens (tertiary/aromatic N) is 2. The molecule has 4 nitrogen and oxygen atoms in total. The van der Waals surface area contributed by atoms with Crippen molar-refractivity contribution in [2.45, 2.75) is 13.8 Å². The smallest absolute Gasteiger partial charge is 0.0966 e.